The number of methoxy groups -OCH3 is 1. The van der Waals surface area contributed by atoms with Gasteiger partial charge in [-0.15, -0.1) is 0 Å². The van der Waals surface area contributed by atoms with Crippen molar-refractivity contribution < 1.29 is 9.53 Å². The number of hydrogen-bond donors (Lipinski definition) is 3. The van der Waals surface area contributed by atoms with Crippen molar-refractivity contribution in [3.05, 3.63) is 30.1 Å². The maximum atomic E-state index is 11.7. The third kappa shape index (κ3) is 2.91. The number of anilines is 1. The fourth-order valence-corrected chi connectivity index (χ4v) is 3.54. The summed E-state index contributed by atoms with van der Waals surface area (Å²) in [6.45, 7) is 0. The summed E-state index contributed by atoms with van der Waals surface area (Å²) in [5.74, 6) is 0.464. The summed E-state index contributed by atoms with van der Waals surface area (Å²) in [5, 5.41) is 5.49. The first-order valence-corrected chi connectivity index (χ1v) is 8.52. The van der Waals surface area contributed by atoms with Crippen LogP contribution in [0.25, 0.3) is 21.9 Å². The highest BCUT2D eigenvalue weighted by molar-refractivity contribution is 6.12. The molecule has 1 aliphatic carbocycles. The van der Waals surface area contributed by atoms with Crippen molar-refractivity contribution >= 4 is 33.7 Å². The summed E-state index contributed by atoms with van der Waals surface area (Å²) in [6.07, 6.45) is 5.70. The van der Waals surface area contributed by atoms with Gasteiger partial charge in [-0.05, 0) is 37.8 Å². The minimum atomic E-state index is -0.358. The van der Waals surface area contributed by atoms with E-state index in [2.05, 4.69) is 20.3 Å². The SMILES string of the molecule is COC(=O)c1ccc2c(c1)[nH]c1ncnc(NC3CCC(N)CC3)c12. The second-order valence-corrected chi connectivity index (χ2v) is 6.58. The van der Waals surface area contributed by atoms with Crippen molar-refractivity contribution in [2.24, 2.45) is 5.73 Å². The predicted molar refractivity (Wildman–Crippen MR) is 96.6 cm³/mol. The van der Waals surface area contributed by atoms with Crippen LogP contribution in [0.5, 0.6) is 0 Å². The predicted octanol–water partition coefficient (Wildman–Crippen LogP) is 2.58. The number of nitrogens with two attached hydrogens (primary N) is 1. The molecule has 0 saturated heterocycles. The average molecular weight is 339 g/mol. The van der Waals surface area contributed by atoms with Crippen LogP contribution in [-0.4, -0.2) is 40.1 Å². The molecule has 0 unspecified atom stereocenters. The summed E-state index contributed by atoms with van der Waals surface area (Å²) >= 11 is 0. The van der Waals surface area contributed by atoms with Gasteiger partial charge in [0.15, 0.2) is 0 Å². The molecule has 0 aliphatic heterocycles. The van der Waals surface area contributed by atoms with Gasteiger partial charge in [-0.1, -0.05) is 6.07 Å². The van der Waals surface area contributed by atoms with Gasteiger partial charge in [-0.3, -0.25) is 0 Å². The van der Waals surface area contributed by atoms with E-state index in [1.54, 1.807) is 18.5 Å². The van der Waals surface area contributed by atoms with Crippen LogP contribution in [0, 0.1) is 0 Å². The van der Waals surface area contributed by atoms with Crippen LogP contribution in [0.15, 0.2) is 24.5 Å². The van der Waals surface area contributed by atoms with Crippen LogP contribution in [-0.2, 0) is 4.74 Å². The highest BCUT2D eigenvalue weighted by atomic mass is 16.5. The van der Waals surface area contributed by atoms with E-state index in [1.165, 1.54) is 7.11 Å². The van der Waals surface area contributed by atoms with E-state index >= 15 is 0 Å². The minimum absolute atomic E-state index is 0.313. The smallest absolute Gasteiger partial charge is 0.337 e. The lowest BCUT2D eigenvalue weighted by atomic mass is 9.92. The lowest BCUT2D eigenvalue weighted by Crippen LogP contribution is -2.33. The number of benzene rings is 1. The third-order valence-corrected chi connectivity index (χ3v) is 4.92. The zero-order valence-electron chi connectivity index (χ0n) is 14.1. The molecule has 0 bridgehead atoms. The Morgan fingerprint density at radius 3 is 2.84 bits per heavy atom. The first-order valence-electron chi connectivity index (χ1n) is 8.52. The van der Waals surface area contributed by atoms with Crippen LogP contribution < -0.4 is 11.1 Å². The minimum Gasteiger partial charge on any atom is -0.465 e. The number of hydrogen-bond acceptors (Lipinski definition) is 6. The molecule has 7 nitrogen and oxygen atoms in total. The number of aromatic nitrogens is 3. The number of ether oxygens (including phenoxy) is 1. The number of H-pyrrole nitrogens is 1. The van der Waals surface area contributed by atoms with Crippen molar-refractivity contribution in [2.45, 2.75) is 37.8 Å². The van der Waals surface area contributed by atoms with Crippen molar-refractivity contribution in [1.82, 2.24) is 15.0 Å². The molecule has 3 aromatic rings. The Morgan fingerprint density at radius 2 is 2.08 bits per heavy atom. The highest BCUT2D eigenvalue weighted by Gasteiger charge is 2.20. The van der Waals surface area contributed by atoms with Crippen molar-refractivity contribution in [1.29, 1.82) is 0 Å². The molecule has 7 heteroatoms. The van der Waals surface area contributed by atoms with E-state index < -0.39 is 0 Å². The van der Waals surface area contributed by atoms with Gasteiger partial charge in [0.1, 0.15) is 17.8 Å². The topological polar surface area (TPSA) is 106 Å². The molecule has 130 valence electrons. The summed E-state index contributed by atoms with van der Waals surface area (Å²) < 4.78 is 4.79. The molecular formula is C18H21N5O2. The quantitative estimate of drug-likeness (QED) is 0.633. The first-order chi connectivity index (χ1) is 12.2. The van der Waals surface area contributed by atoms with Gasteiger partial charge in [0, 0.05) is 23.0 Å². The monoisotopic (exact) mass is 339 g/mol. The van der Waals surface area contributed by atoms with E-state index in [0.717, 1.165) is 53.4 Å². The number of fused-ring (bicyclic) bond motifs is 3. The van der Waals surface area contributed by atoms with Gasteiger partial charge < -0.3 is 20.8 Å². The number of carbonyl (C=O) groups excluding carboxylic acids is 1. The molecule has 1 aliphatic rings. The Bertz CT molecular complexity index is 928. The molecular weight excluding hydrogens is 318 g/mol. The largest absolute Gasteiger partial charge is 0.465 e. The third-order valence-electron chi connectivity index (χ3n) is 4.92. The number of nitrogens with zero attached hydrogens (tertiary/aromatic N) is 2. The summed E-state index contributed by atoms with van der Waals surface area (Å²) in [5.41, 5.74) is 8.09. The van der Waals surface area contributed by atoms with Crippen LogP contribution in [0.1, 0.15) is 36.0 Å². The molecule has 2 aromatic heterocycles. The molecule has 4 rings (SSSR count). The number of aromatic amines is 1. The van der Waals surface area contributed by atoms with E-state index in [-0.39, 0.29) is 5.97 Å². The Kier molecular flexibility index (Phi) is 4.01. The maximum Gasteiger partial charge on any atom is 0.337 e. The van der Waals surface area contributed by atoms with Gasteiger partial charge in [-0.25, -0.2) is 14.8 Å². The van der Waals surface area contributed by atoms with Crippen molar-refractivity contribution in [3.63, 3.8) is 0 Å². The summed E-state index contributed by atoms with van der Waals surface area (Å²) in [4.78, 5) is 23.8. The molecule has 1 fully saturated rings. The van der Waals surface area contributed by atoms with Crippen LogP contribution in [0.2, 0.25) is 0 Å². The molecule has 1 aromatic carbocycles. The fraction of sp³-hybridized carbons (Fsp3) is 0.389. The molecule has 0 spiro atoms. The van der Waals surface area contributed by atoms with Gasteiger partial charge in [0.25, 0.3) is 0 Å². The van der Waals surface area contributed by atoms with Crippen LogP contribution in [0.4, 0.5) is 5.82 Å². The Balaban J connectivity index is 1.73. The average Bonchev–Trinajstić information content (AvgIpc) is 3.01. The Labute approximate surface area is 145 Å². The van der Waals surface area contributed by atoms with E-state index in [1.807, 2.05) is 6.07 Å². The van der Waals surface area contributed by atoms with E-state index in [0.29, 0.717) is 17.6 Å². The normalized spacial score (nSPS) is 20.7. The molecule has 25 heavy (non-hydrogen) atoms. The lowest BCUT2D eigenvalue weighted by molar-refractivity contribution is 0.0601. The summed E-state index contributed by atoms with van der Waals surface area (Å²) in [7, 11) is 1.38. The van der Waals surface area contributed by atoms with Gasteiger partial charge in [0.05, 0.1) is 18.1 Å². The Hall–Kier alpha value is -2.67. The molecule has 0 atom stereocenters. The van der Waals surface area contributed by atoms with Crippen molar-refractivity contribution in [2.75, 3.05) is 12.4 Å². The number of nitrogens with one attached hydrogen (secondary N) is 2. The van der Waals surface area contributed by atoms with Crippen LogP contribution in [0.3, 0.4) is 0 Å². The zero-order valence-corrected chi connectivity index (χ0v) is 14.1. The zero-order chi connectivity index (χ0) is 17.4. The second kappa shape index (κ2) is 6.33. The van der Waals surface area contributed by atoms with E-state index in [4.69, 9.17) is 10.5 Å². The van der Waals surface area contributed by atoms with Crippen molar-refractivity contribution in [3.8, 4) is 0 Å². The number of rotatable bonds is 3. The Morgan fingerprint density at radius 1 is 1.28 bits per heavy atom. The maximum absolute atomic E-state index is 11.7. The number of esters is 1. The first kappa shape index (κ1) is 15.8. The van der Waals surface area contributed by atoms with Gasteiger partial charge in [-0.2, -0.15) is 0 Å². The lowest BCUT2D eigenvalue weighted by Gasteiger charge is -2.27. The second-order valence-electron chi connectivity index (χ2n) is 6.58. The van der Waals surface area contributed by atoms with Crippen LogP contribution >= 0.6 is 0 Å². The van der Waals surface area contributed by atoms with Gasteiger partial charge >= 0.3 is 5.97 Å². The highest BCUT2D eigenvalue weighted by Crippen LogP contribution is 2.31. The van der Waals surface area contributed by atoms with Gasteiger partial charge in [0.2, 0.25) is 0 Å². The standard InChI is InChI=1S/C18H21N5O2/c1-25-18(24)10-2-7-13-14(8-10)23-17-15(13)16(20-9-21-17)22-12-5-3-11(19)4-6-12/h2,7-9,11-12H,3-6,19H2,1H3,(H2,20,21,22,23). The molecule has 2 heterocycles. The molecule has 0 radical (unpaired) electrons. The summed E-state index contributed by atoms with van der Waals surface area (Å²) in [6, 6.07) is 6.14. The van der Waals surface area contributed by atoms with E-state index in [9.17, 15) is 4.79 Å². The molecule has 0 amide bonds. The molecule has 4 N–H and O–H groups in total. The number of carbonyl (C=O) groups is 1. The fourth-order valence-electron chi connectivity index (χ4n) is 3.54. The molecule has 1 saturated carbocycles.